The first-order chi connectivity index (χ1) is 8.49. The van der Waals surface area contributed by atoms with E-state index in [1.54, 1.807) is 6.07 Å². The Kier molecular flexibility index (Phi) is 4.06. The maximum absolute atomic E-state index is 11.1. The number of nitro benzene ring substituents is 1. The molecule has 1 fully saturated rings. The van der Waals surface area contributed by atoms with Gasteiger partial charge in [-0.15, -0.1) is 0 Å². The van der Waals surface area contributed by atoms with Crippen molar-refractivity contribution >= 4 is 34.0 Å². The Morgan fingerprint density at radius 2 is 2.28 bits per heavy atom. The van der Waals surface area contributed by atoms with Crippen LogP contribution in [0.4, 0.5) is 11.4 Å². The molecule has 2 atom stereocenters. The lowest BCUT2D eigenvalue weighted by Gasteiger charge is -2.36. The van der Waals surface area contributed by atoms with Crippen molar-refractivity contribution in [2.24, 2.45) is 11.7 Å². The van der Waals surface area contributed by atoms with E-state index in [1.165, 1.54) is 0 Å². The summed E-state index contributed by atoms with van der Waals surface area (Å²) in [6.45, 7) is 3.66. The molecule has 1 aromatic rings. The highest BCUT2D eigenvalue weighted by atomic mass is 127. The van der Waals surface area contributed by atoms with Crippen LogP contribution in [-0.4, -0.2) is 24.1 Å². The number of rotatable bonds is 2. The van der Waals surface area contributed by atoms with Crippen LogP contribution in [0.2, 0.25) is 0 Å². The van der Waals surface area contributed by atoms with Crippen LogP contribution in [0.15, 0.2) is 18.2 Å². The molecule has 98 valence electrons. The average Bonchev–Trinajstić information content (AvgIpc) is 2.32. The van der Waals surface area contributed by atoms with E-state index in [0.717, 1.165) is 23.1 Å². The zero-order valence-electron chi connectivity index (χ0n) is 10.2. The standard InChI is InChI=1S/C12H16IN3O2/c1-8-7-15(5-4-10(8)14)11-3-2-9(13)6-12(11)16(17)18/h2-3,6,8,10H,4-5,7,14H2,1H3. The second-order valence-corrected chi connectivity index (χ2v) is 6.01. The predicted molar refractivity (Wildman–Crippen MR) is 79.8 cm³/mol. The van der Waals surface area contributed by atoms with Gasteiger partial charge < -0.3 is 10.6 Å². The summed E-state index contributed by atoms with van der Waals surface area (Å²) in [6, 6.07) is 5.56. The quantitative estimate of drug-likeness (QED) is 0.499. The molecule has 6 heteroatoms. The Hall–Kier alpha value is -0.890. The minimum Gasteiger partial charge on any atom is -0.366 e. The molecule has 18 heavy (non-hydrogen) atoms. The van der Waals surface area contributed by atoms with E-state index in [4.69, 9.17) is 5.73 Å². The molecule has 2 unspecified atom stereocenters. The molecule has 1 aliphatic rings. The number of halogens is 1. The van der Waals surface area contributed by atoms with Gasteiger partial charge in [-0.25, -0.2) is 0 Å². The summed E-state index contributed by atoms with van der Waals surface area (Å²) in [7, 11) is 0. The molecule has 1 saturated heterocycles. The van der Waals surface area contributed by atoms with Crippen molar-refractivity contribution in [2.75, 3.05) is 18.0 Å². The SMILES string of the molecule is CC1CN(c2ccc(I)cc2[N+](=O)[O-])CCC1N. The molecule has 0 bridgehead atoms. The second-order valence-electron chi connectivity index (χ2n) is 4.77. The molecule has 5 nitrogen and oxygen atoms in total. The van der Waals surface area contributed by atoms with E-state index < -0.39 is 0 Å². The maximum Gasteiger partial charge on any atom is 0.293 e. The summed E-state index contributed by atoms with van der Waals surface area (Å²) < 4.78 is 0.879. The first kappa shape index (κ1) is 13.5. The Labute approximate surface area is 120 Å². The van der Waals surface area contributed by atoms with Gasteiger partial charge in [0, 0.05) is 28.8 Å². The van der Waals surface area contributed by atoms with Crippen molar-refractivity contribution in [3.63, 3.8) is 0 Å². The summed E-state index contributed by atoms with van der Waals surface area (Å²) in [5.74, 6) is 0.359. The summed E-state index contributed by atoms with van der Waals surface area (Å²) in [4.78, 5) is 12.9. The summed E-state index contributed by atoms with van der Waals surface area (Å²) in [6.07, 6.45) is 0.879. The lowest BCUT2D eigenvalue weighted by molar-refractivity contribution is -0.384. The zero-order chi connectivity index (χ0) is 13.3. The fourth-order valence-corrected chi connectivity index (χ4v) is 2.77. The van der Waals surface area contributed by atoms with Crippen molar-refractivity contribution in [1.29, 1.82) is 0 Å². The molecule has 2 rings (SSSR count). The minimum atomic E-state index is -0.309. The van der Waals surface area contributed by atoms with Crippen LogP contribution in [0, 0.1) is 19.6 Å². The fourth-order valence-electron chi connectivity index (χ4n) is 2.29. The Balaban J connectivity index is 2.30. The number of anilines is 1. The van der Waals surface area contributed by atoms with Gasteiger partial charge in [-0.05, 0) is 47.1 Å². The van der Waals surface area contributed by atoms with Gasteiger partial charge in [-0.2, -0.15) is 0 Å². The average molecular weight is 361 g/mol. The number of hydrogen-bond acceptors (Lipinski definition) is 4. The lowest BCUT2D eigenvalue weighted by atomic mass is 9.94. The van der Waals surface area contributed by atoms with E-state index in [9.17, 15) is 10.1 Å². The van der Waals surface area contributed by atoms with Crippen LogP contribution in [0.25, 0.3) is 0 Å². The fraction of sp³-hybridized carbons (Fsp3) is 0.500. The van der Waals surface area contributed by atoms with E-state index in [2.05, 4.69) is 34.4 Å². The van der Waals surface area contributed by atoms with Gasteiger partial charge in [0.05, 0.1) is 4.92 Å². The summed E-state index contributed by atoms with van der Waals surface area (Å²) in [5.41, 5.74) is 6.87. The highest BCUT2D eigenvalue weighted by Gasteiger charge is 2.27. The minimum absolute atomic E-state index is 0.185. The van der Waals surface area contributed by atoms with E-state index in [1.807, 2.05) is 12.1 Å². The third kappa shape index (κ3) is 2.74. The first-order valence-electron chi connectivity index (χ1n) is 5.93. The molecule has 0 saturated carbocycles. The lowest BCUT2D eigenvalue weighted by Crippen LogP contribution is -2.46. The smallest absolute Gasteiger partial charge is 0.293 e. The highest BCUT2D eigenvalue weighted by Crippen LogP contribution is 2.32. The van der Waals surface area contributed by atoms with Crippen LogP contribution in [0.3, 0.4) is 0 Å². The molecular formula is C12H16IN3O2. The van der Waals surface area contributed by atoms with Gasteiger partial charge in [-0.1, -0.05) is 6.92 Å². The van der Waals surface area contributed by atoms with Crippen molar-refractivity contribution in [2.45, 2.75) is 19.4 Å². The molecule has 1 aromatic carbocycles. The van der Waals surface area contributed by atoms with Crippen molar-refractivity contribution in [3.8, 4) is 0 Å². The Morgan fingerprint density at radius 1 is 1.56 bits per heavy atom. The van der Waals surface area contributed by atoms with E-state index in [-0.39, 0.29) is 16.7 Å². The van der Waals surface area contributed by atoms with Crippen molar-refractivity contribution in [3.05, 3.63) is 31.9 Å². The van der Waals surface area contributed by atoms with Crippen LogP contribution < -0.4 is 10.6 Å². The van der Waals surface area contributed by atoms with Gasteiger partial charge in [0.25, 0.3) is 5.69 Å². The number of benzene rings is 1. The maximum atomic E-state index is 11.1. The topological polar surface area (TPSA) is 72.4 Å². The second kappa shape index (κ2) is 5.40. The highest BCUT2D eigenvalue weighted by molar-refractivity contribution is 14.1. The van der Waals surface area contributed by atoms with Crippen molar-refractivity contribution in [1.82, 2.24) is 0 Å². The zero-order valence-corrected chi connectivity index (χ0v) is 12.3. The normalized spacial score (nSPS) is 24.1. The summed E-state index contributed by atoms with van der Waals surface area (Å²) in [5, 5.41) is 11.1. The van der Waals surface area contributed by atoms with Gasteiger partial charge in [0.1, 0.15) is 5.69 Å². The molecule has 0 aromatic heterocycles. The molecule has 0 aliphatic carbocycles. The van der Waals surface area contributed by atoms with Gasteiger partial charge in [0.15, 0.2) is 0 Å². The molecule has 0 amide bonds. The number of nitrogens with two attached hydrogens (primary N) is 1. The van der Waals surface area contributed by atoms with E-state index in [0.29, 0.717) is 11.6 Å². The van der Waals surface area contributed by atoms with E-state index >= 15 is 0 Å². The van der Waals surface area contributed by atoms with Gasteiger partial charge in [-0.3, -0.25) is 10.1 Å². The largest absolute Gasteiger partial charge is 0.366 e. The molecule has 2 N–H and O–H groups in total. The third-order valence-electron chi connectivity index (χ3n) is 3.45. The van der Waals surface area contributed by atoms with Crippen LogP contribution >= 0.6 is 22.6 Å². The number of nitrogens with zero attached hydrogens (tertiary/aromatic N) is 2. The van der Waals surface area contributed by atoms with Gasteiger partial charge in [0.2, 0.25) is 0 Å². The number of piperidine rings is 1. The Bertz CT molecular complexity index is 467. The predicted octanol–water partition coefficient (Wildman–Crippen LogP) is 2.37. The van der Waals surface area contributed by atoms with Gasteiger partial charge >= 0.3 is 0 Å². The molecule has 0 spiro atoms. The van der Waals surface area contributed by atoms with Crippen molar-refractivity contribution < 1.29 is 4.92 Å². The Morgan fingerprint density at radius 3 is 2.89 bits per heavy atom. The molecular weight excluding hydrogens is 345 g/mol. The molecule has 0 radical (unpaired) electrons. The first-order valence-corrected chi connectivity index (χ1v) is 7.01. The number of nitro groups is 1. The van der Waals surface area contributed by atoms with Crippen LogP contribution in [0.5, 0.6) is 0 Å². The van der Waals surface area contributed by atoms with Crippen LogP contribution in [0.1, 0.15) is 13.3 Å². The third-order valence-corrected chi connectivity index (χ3v) is 4.12. The summed E-state index contributed by atoms with van der Waals surface area (Å²) >= 11 is 2.09. The van der Waals surface area contributed by atoms with Crippen LogP contribution in [-0.2, 0) is 0 Å². The number of hydrogen-bond donors (Lipinski definition) is 1. The monoisotopic (exact) mass is 361 g/mol. The molecule has 1 heterocycles. The molecule has 1 aliphatic heterocycles.